The molecule has 2 rings (SSSR count). The molecule has 2 aliphatic rings. The van der Waals surface area contributed by atoms with E-state index >= 15 is 0 Å². The van der Waals surface area contributed by atoms with Crippen LogP contribution < -0.4 is 10.9 Å². The lowest BCUT2D eigenvalue weighted by atomic mass is 10.4. The van der Waals surface area contributed by atoms with Crippen molar-refractivity contribution in [1.82, 2.24) is 20.9 Å². The molecule has 116 valence electrons. The molecule has 0 bridgehead atoms. The molecule has 6 nitrogen and oxygen atoms in total. The zero-order valence-corrected chi connectivity index (χ0v) is 13.9. The number of thiocarbonyl (C=S) groups is 2. The number of amides is 2. The topological polar surface area (TPSA) is 64.7 Å². The van der Waals surface area contributed by atoms with Crippen molar-refractivity contribution < 1.29 is 9.59 Å². The Balaban J connectivity index is 1.69. The first-order chi connectivity index (χ1) is 9.88. The molecule has 0 atom stereocenters. The van der Waals surface area contributed by atoms with Crippen LogP contribution in [0.4, 0.5) is 0 Å². The minimum absolute atomic E-state index is 0.255. The van der Waals surface area contributed by atoms with Gasteiger partial charge in [-0.05, 0) is 25.7 Å². The third-order valence-corrected chi connectivity index (χ3v) is 4.63. The minimum atomic E-state index is -0.385. The third kappa shape index (κ3) is 4.89. The van der Waals surface area contributed by atoms with E-state index in [4.69, 9.17) is 24.4 Å². The Morgan fingerprint density at radius 2 is 1.24 bits per heavy atom. The molecule has 0 spiro atoms. The largest absolute Gasteiger partial charge is 0.282 e. The number of hydrogen-bond acceptors (Lipinski definition) is 4. The second-order valence-electron chi connectivity index (χ2n) is 5.59. The first-order valence-corrected chi connectivity index (χ1v) is 7.84. The summed E-state index contributed by atoms with van der Waals surface area (Å²) in [4.78, 5) is 25.0. The van der Waals surface area contributed by atoms with Crippen LogP contribution in [0.3, 0.4) is 0 Å². The van der Waals surface area contributed by atoms with Crippen molar-refractivity contribution in [2.75, 3.05) is 14.1 Å². The fourth-order valence-corrected chi connectivity index (χ4v) is 2.48. The molecule has 0 aromatic carbocycles. The highest BCUT2D eigenvalue weighted by Gasteiger charge is 2.30. The predicted molar refractivity (Wildman–Crippen MR) is 87.1 cm³/mol. The molecular formula is C13H20N4O2S2. The van der Waals surface area contributed by atoms with Crippen LogP contribution in [0.25, 0.3) is 0 Å². The molecule has 0 aliphatic heterocycles. The van der Waals surface area contributed by atoms with E-state index in [1.807, 2.05) is 0 Å². The van der Waals surface area contributed by atoms with E-state index in [1.54, 1.807) is 14.1 Å². The van der Waals surface area contributed by atoms with Crippen LogP contribution in [-0.2, 0) is 9.59 Å². The Hall–Kier alpha value is -1.28. The van der Waals surface area contributed by atoms with Crippen molar-refractivity contribution >= 4 is 46.2 Å². The van der Waals surface area contributed by atoms with E-state index in [1.165, 1.54) is 10.0 Å². The highest BCUT2D eigenvalue weighted by Crippen LogP contribution is 2.31. The molecular weight excluding hydrogens is 308 g/mol. The number of nitrogens with zero attached hydrogens (tertiary/aromatic N) is 2. The van der Waals surface area contributed by atoms with Crippen molar-refractivity contribution in [3.8, 4) is 0 Å². The van der Waals surface area contributed by atoms with Crippen molar-refractivity contribution in [3.05, 3.63) is 0 Å². The maximum absolute atomic E-state index is 11.8. The fraction of sp³-hybridized carbons (Fsp3) is 0.692. The zero-order valence-electron chi connectivity index (χ0n) is 12.2. The standard InChI is InChI=1S/C13H20N4O2S2/c1-16(12(20)8-3-4-8)14-10(18)7-11(19)15-17(2)13(21)9-5-6-9/h8-9H,3-7H2,1-2H3,(H,14,18)(H,15,19). The molecule has 2 amide bonds. The van der Waals surface area contributed by atoms with Gasteiger partial charge in [-0.1, -0.05) is 24.4 Å². The van der Waals surface area contributed by atoms with Crippen LogP contribution in [0.2, 0.25) is 0 Å². The van der Waals surface area contributed by atoms with Gasteiger partial charge >= 0.3 is 0 Å². The van der Waals surface area contributed by atoms with Gasteiger partial charge in [0.2, 0.25) is 11.8 Å². The Kier molecular flexibility index (Phi) is 5.10. The van der Waals surface area contributed by atoms with Crippen molar-refractivity contribution in [2.24, 2.45) is 11.8 Å². The molecule has 0 heterocycles. The van der Waals surface area contributed by atoms with Gasteiger partial charge in [-0.3, -0.25) is 30.5 Å². The maximum Gasteiger partial charge on any atom is 0.248 e. The van der Waals surface area contributed by atoms with E-state index in [0.29, 0.717) is 11.8 Å². The molecule has 0 aromatic rings. The summed E-state index contributed by atoms with van der Waals surface area (Å²) in [7, 11) is 3.40. The van der Waals surface area contributed by atoms with Crippen LogP contribution >= 0.6 is 24.4 Å². The predicted octanol–water partition coefficient (Wildman–Crippen LogP) is 0.777. The summed E-state index contributed by atoms with van der Waals surface area (Å²) in [5.74, 6) is 0.00910. The third-order valence-electron chi connectivity index (χ3n) is 3.42. The summed E-state index contributed by atoms with van der Waals surface area (Å²) in [5.41, 5.74) is 5.22. The Labute approximate surface area is 135 Å². The molecule has 2 fully saturated rings. The van der Waals surface area contributed by atoms with Gasteiger partial charge in [0.25, 0.3) is 0 Å². The number of nitrogens with one attached hydrogen (secondary N) is 2. The molecule has 21 heavy (non-hydrogen) atoms. The normalized spacial score (nSPS) is 16.9. The molecule has 0 unspecified atom stereocenters. The second-order valence-corrected chi connectivity index (χ2v) is 6.43. The van der Waals surface area contributed by atoms with Gasteiger partial charge in [0.05, 0.1) is 9.98 Å². The van der Waals surface area contributed by atoms with Gasteiger partial charge in [-0.15, -0.1) is 0 Å². The Morgan fingerprint density at radius 1 is 0.905 bits per heavy atom. The number of hydrogen-bond donors (Lipinski definition) is 2. The van der Waals surface area contributed by atoms with Gasteiger partial charge in [-0.2, -0.15) is 0 Å². The van der Waals surface area contributed by atoms with Crippen LogP contribution in [0, 0.1) is 11.8 Å². The van der Waals surface area contributed by atoms with E-state index in [0.717, 1.165) is 35.7 Å². The number of carbonyl (C=O) groups is 2. The molecule has 2 aliphatic carbocycles. The summed E-state index contributed by atoms with van der Waals surface area (Å²) in [5, 5.41) is 3.06. The molecule has 0 aromatic heterocycles. The van der Waals surface area contributed by atoms with Crippen LogP contribution in [0.1, 0.15) is 32.1 Å². The lowest BCUT2D eigenvalue weighted by Crippen LogP contribution is -2.47. The van der Waals surface area contributed by atoms with E-state index in [-0.39, 0.29) is 18.2 Å². The maximum atomic E-state index is 11.8. The number of rotatable bonds is 4. The molecule has 0 saturated heterocycles. The highest BCUT2D eigenvalue weighted by atomic mass is 32.1. The quantitative estimate of drug-likeness (QED) is 0.452. The minimum Gasteiger partial charge on any atom is -0.282 e. The first kappa shape index (κ1) is 16.1. The van der Waals surface area contributed by atoms with Gasteiger partial charge in [0.1, 0.15) is 6.42 Å². The summed E-state index contributed by atoms with van der Waals surface area (Å²) in [6.45, 7) is 0. The van der Waals surface area contributed by atoms with Crippen molar-refractivity contribution in [2.45, 2.75) is 32.1 Å². The lowest BCUT2D eigenvalue weighted by molar-refractivity contribution is -0.132. The molecule has 0 radical (unpaired) electrons. The zero-order chi connectivity index (χ0) is 15.6. The van der Waals surface area contributed by atoms with Crippen molar-refractivity contribution in [3.63, 3.8) is 0 Å². The van der Waals surface area contributed by atoms with E-state index in [2.05, 4.69) is 10.9 Å². The van der Waals surface area contributed by atoms with E-state index < -0.39 is 0 Å². The van der Waals surface area contributed by atoms with E-state index in [9.17, 15) is 9.59 Å². The smallest absolute Gasteiger partial charge is 0.248 e. The summed E-state index contributed by atoms with van der Waals surface area (Å²) in [6, 6.07) is 0. The van der Waals surface area contributed by atoms with Gasteiger partial charge in [0.15, 0.2) is 0 Å². The molecule has 8 heteroatoms. The summed E-state index contributed by atoms with van der Waals surface area (Å²) in [6.07, 6.45) is 4.03. The Bertz CT molecular complexity index is 433. The van der Waals surface area contributed by atoms with Gasteiger partial charge in [-0.25, -0.2) is 0 Å². The molecule has 2 saturated carbocycles. The van der Waals surface area contributed by atoms with Gasteiger partial charge in [0, 0.05) is 25.9 Å². The van der Waals surface area contributed by atoms with Crippen LogP contribution in [0.15, 0.2) is 0 Å². The van der Waals surface area contributed by atoms with Crippen LogP contribution in [0.5, 0.6) is 0 Å². The Morgan fingerprint density at radius 3 is 1.52 bits per heavy atom. The molecule has 2 N–H and O–H groups in total. The highest BCUT2D eigenvalue weighted by molar-refractivity contribution is 7.80. The summed E-state index contributed by atoms with van der Waals surface area (Å²) < 4.78 is 0. The SMILES string of the molecule is CN(NC(=O)CC(=O)NN(C)C(=S)C1CC1)C(=S)C1CC1. The summed E-state index contributed by atoms with van der Waals surface area (Å²) >= 11 is 10.4. The number of carbonyl (C=O) groups excluding carboxylic acids is 2. The first-order valence-electron chi connectivity index (χ1n) is 7.02. The lowest BCUT2D eigenvalue weighted by Gasteiger charge is -2.22. The fourth-order valence-electron chi connectivity index (χ4n) is 1.92. The average molecular weight is 328 g/mol. The monoisotopic (exact) mass is 328 g/mol. The van der Waals surface area contributed by atoms with Gasteiger partial charge < -0.3 is 0 Å². The number of hydrazine groups is 2. The van der Waals surface area contributed by atoms with Crippen molar-refractivity contribution in [1.29, 1.82) is 0 Å². The second kappa shape index (κ2) is 6.65. The average Bonchev–Trinajstić information content (AvgIpc) is 3.29. The van der Waals surface area contributed by atoms with Crippen LogP contribution in [-0.4, -0.2) is 45.9 Å².